The van der Waals surface area contributed by atoms with Crippen LogP contribution in [0.25, 0.3) is 0 Å². The van der Waals surface area contributed by atoms with Gasteiger partial charge in [-0.05, 0) is 55.9 Å². The number of anilines is 2. The number of hydrogen-bond donors (Lipinski definition) is 1. The molecule has 1 atom stereocenters. The van der Waals surface area contributed by atoms with Gasteiger partial charge in [0.05, 0.1) is 10.6 Å². The largest absolute Gasteiger partial charge is 0.478 e. The molecule has 8 nitrogen and oxygen atoms in total. The average molecular weight is 484 g/mol. The lowest BCUT2D eigenvalue weighted by Gasteiger charge is -2.33. The van der Waals surface area contributed by atoms with Crippen LogP contribution in [0.2, 0.25) is 0 Å². The van der Waals surface area contributed by atoms with Crippen LogP contribution in [0.1, 0.15) is 37.3 Å². The maximum atomic E-state index is 13.5. The molecule has 0 bridgehead atoms. The Morgan fingerprint density at radius 2 is 1.88 bits per heavy atom. The predicted octanol–water partition coefficient (Wildman–Crippen LogP) is 3.09. The van der Waals surface area contributed by atoms with E-state index >= 15 is 0 Å². The summed E-state index contributed by atoms with van der Waals surface area (Å²) in [7, 11) is -3.77. The van der Waals surface area contributed by atoms with Gasteiger partial charge in [-0.25, -0.2) is 8.42 Å². The lowest BCUT2D eigenvalue weighted by Crippen LogP contribution is -2.44. The zero-order chi connectivity index (χ0) is 24.0. The maximum absolute atomic E-state index is 13.5. The number of para-hydroxylation sites is 1. The topological polar surface area (TPSA) is 96.0 Å². The summed E-state index contributed by atoms with van der Waals surface area (Å²) in [5, 5.41) is 2.80. The van der Waals surface area contributed by atoms with Crippen LogP contribution >= 0.6 is 0 Å². The number of ether oxygens (including phenoxy) is 1. The molecule has 0 saturated carbocycles. The first-order chi connectivity index (χ1) is 16.3. The summed E-state index contributed by atoms with van der Waals surface area (Å²) < 4.78 is 34.2. The van der Waals surface area contributed by atoms with Crippen LogP contribution in [-0.4, -0.2) is 50.3 Å². The Bertz CT molecular complexity index is 1250. The van der Waals surface area contributed by atoms with Gasteiger partial charge in [-0.2, -0.15) is 4.31 Å². The summed E-state index contributed by atoms with van der Waals surface area (Å²) in [4.78, 5) is 27.3. The third-order valence-electron chi connectivity index (χ3n) is 7.04. The van der Waals surface area contributed by atoms with Crippen LogP contribution < -0.4 is 15.0 Å². The number of nitrogens with zero attached hydrogens (tertiary/aromatic N) is 2. The first kappa shape index (κ1) is 22.9. The van der Waals surface area contributed by atoms with Crippen molar-refractivity contribution in [2.24, 2.45) is 5.92 Å². The highest BCUT2D eigenvalue weighted by atomic mass is 32.2. The van der Waals surface area contributed by atoms with Gasteiger partial charge in [-0.3, -0.25) is 9.59 Å². The van der Waals surface area contributed by atoms with Crippen molar-refractivity contribution in [3.8, 4) is 5.75 Å². The molecule has 1 saturated heterocycles. The van der Waals surface area contributed by atoms with Crippen molar-refractivity contribution >= 4 is 33.2 Å². The summed E-state index contributed by atoms with van der Waals surface area (Å²) in [6.45, 7) is 4.82. The van der Waals surface area contributed by atoms with Crippen molar-refractivity contribution in [2.75, 3.05) is 29.9 Å². The third kappa shape index (κ3) is 3.86. The number of sulfonamides is 1. The van der Waals surface area contributed by atoms with Crippen LogP contribution in [0.5, 0.6) is 5.75 Å². The molecular weight excluding hydrogens is 454 g/mol. The minimum atomic E-state index is -3.77. The minimum absolute atomic E-state index is 0.0849. The summed E-state index contributed by atoms with van der Waals surface area (Å²) in [5.41, 5.74) is 3.19. The number of nitrogens with one attached hydrogen (secondary N) is 1. The smallest absolute Gasteiger partial charge is 0.265 e. The number of aryl methyl sites for hydroxylation is 1. The highest BCUT2D eigenvalue weighted by Gasteiger charge is 2.37. The quantitative estimate of drug-likeness (QED) is 0.721. The van der Waals surface area contributed by atoms with Gasteiger partial charge in [0.15, 0.2) is 6.10 Å². The predicted molar refractivity (Wildman–Crippen MR) is 128 cm³/mol. The maximum Gasteiger partial charge on any atom is 0.265 e. The van der Waals surface area contributed by atoms with E-state index in [-0.39, 0.29) is 22.6 Å². The van der Waals surface area contributed by atoms with E-state index in [9.17, 15) is 18.0 Å². The summed E-state index contributed by atoms with van der Waals surface area (Å²) in [6.07, 6.45) is 1.69. The molecule has 3 heterocycles. The fourth-order valence-corrected chi connectivity index (χ4v) is 6.79. The van der Waals surface area contributed by atoms with Gasteiger partial charge >= 0.3 is 0 Å². The molecule has 9 heteroatoms. The van der Waals surface area contributed by atoms with Crippen LogP contribution in [0.3, 0.4) is 0 Å². The molecule has 3 aliphatic rings. The number of hydrogen-bond acceptors (Lipinski definition) is 5. The van der Waals surface area contributed by atoms with Crippen LogP contribution in [0, 0.1) is 12.8 Å². The Balaban J connectivity index is 1.31. The van der Waals surface area contributed by atoms with E-state index in [1.165, 1.54) is 15.9 Å². The number of carbonyl (C=O) groups is 2. The molecule has 1 fully saturated rings. The lowest BCUT2D eigenvalue weighted by atomic mass is 9.96. The number of benzene rings is 2. The van der Waals surface area contributed by atoms with Gasteiger partial charge in [-0.15, -0.1) is 0 Å². The Morgan fingerprint density at radius 1 is 1.15 bits per heavy atom. The van der Waals surface area contributed by atoms with E-state index in [1.807, 2.05) is 30.0 Å². The van der Waals surface area contributed by atoms with Crippen molar-refractivity contribution < 1.29 is 22.7 Å². The van der Waals surface area contributed by atoms with Crippen LogP contribution in [0.4, 0.5) is 11.4 Å². The Hall–Kier alpha value is -2.91. The number of amides is 2. The summed E-state index contributed by atoms with van der Waals surface area (Å²) in [5.74, 6) is 0.0403. The molecular formula is C25H29N3O5S. The highest BCUT2D eigenvalue weighted by molar-refractivity contribution is 7.89. The summed E-state index contributed by atoms with van der Waals surface area (Å²) >= 11 is 0. The summed E-state index contributed by atoms with van der Waals surface area (Å²) in [6, 6.07) is 11.1. The Morgan fingerprint density at radius 3 is 2.62 bits per heavy atom. The molecule has 5 rings (SSSR count). The number of fused-ring (bicyclic) bond motifs is 2. The third-order valence-corrected chi connectivity index (χ3v) is 9.08. The molecule has 180 valence electrons. The Kier molecular flexibility index (Phi) is 5.85. The van der Waals surface area contributed by atoms with Gasteiger partial charge in [-0.1, -0.05) is 25.1 Å². The molecule has 2 amide bonds. The molecule has 2 aromatic rings. The zero-order valence-electron chi connectivity index (χ0n) is 19.4. The number of piperidine rings is 1. The minimum Gasteiger partial charge on any atom is -0.478 e. The standard InChI is InChI=1S/C25H29N3O5S/c1-3-21-24(29)26-19-14-16(2)23(15-22(19)33-21)34(31,32)27-11-8-18(9-12-27)25(30)28-13-10-17-6-4-5-7-20(17)28/h4-7,14-15,18,21H,3,8-13H2,1-2H3,(H,26,29)/t21-/m1/s1. The normalized spacial score (nSPS) is 20.9. The molecule has 1 N–H and O–H groups in total. The molecule has 0 radical (unpaired) electrons. The second-order valence-electron chi connectivity index (χ2n) is 9.16. The fraction of sp³-hybridized carbons (Fsp3) is 0.440. The van der Waals surface area contributed by atoms with E-state index in [4.69, 9.17) is 4.74 Å². The SMILES string of the molecule is CC[C@H]1Oc2cc(S(=O)(=O)N3CCC(C(=O)N4CCc5ccccc54)CC3)c(C)cc2NC1=O. The second-order valence-corrected chi connectivity index (χ2v) is 11.1. The van der Waals surface area contributed by atoms with Crippen molar-refractivity contribution in [2.45, 2.75) is 50.5 Å². The molecule has 3 aliphatic heterocycles. The second kappa shape index (κ2) is 8.70. The van der Waals surface area contributed by atoms with Gasteiger partial charge in [0.1, 0.15) is 5.75 Å². The first-order valence-corrected chi connectivity index (χ1v) is 13.2. The van der Waals surface area contributed by atoms with Crippen molar-refractivity contribution in [1.82, 2.24) is 4.31 Å². The Labute approximate surface area is 199 Å². The fourth-order valence-electron chi connectivity index (χ4n) is 5.10. The van der Waals surface area contributed by atoms with Crippen molar-refractivity contribution in [1.29, 1.82) is 0 Å². The molecule has 0 spiro atoms. The number of rotatable bonds is 4. The van der Waals surface area contributed by atoms with E-state index in [2.05, 4.69) is 11.4 Å². The van der Waals surface area contributed by atoms with E-state index < -0.39 is 16.1 Å². The van der Waals surface area contributed by atoms with Gasteiger partial charge in [0.25, 0.3) is 5.91 Å². The number of carbonyl (C=O) groups excluding carboxylic acids is 2. The molecule has 0 aliphatic carbocycles. The lowest BCUT2D eigenvalue weighted by molar-refractivity contribution is -0.124. The van der Waals surface area contributed by atoms with E-state index in [0.717, 1.165) is 12.1 Å². The van der Waals surface area contributed by atoms with Crippen LogP contribution in [0.15, 0.2) is 41.3 Å². The zero-order valence-corrected chi connectivity index (χ0v) is 20.2. The van der Waals surface area contributed by atoms with Crippen molar-refractivity contribution in [3.63, 3.8) is 0 Å². The monoisotopic (exact) mass is 483 g/mol. The molecule has 0 aromatic heterocycles. The highest BCUT2D eigenvalue weighted by Crippen LogP contribution is 2.37. The first-order valence-electron chi connectivity index (χ1n) is 11.8. The molecule has 2 aromatic carbocycles. The van der Waals surface area contributed by atoms with Gasteiger partial charge < -0.3 is 15.0 Å². The van der Waals surface area contributed by atoms with Crippen LogP contribution in [-0.2, 0) is 26.0 Å². The molecule has 34 heavy (non-hydrogen) atoms. The molecule has 0 unspecified atom stereocenters. The van der Waals surface area contributed by atoms with Crippen molar-refractivity contribution in [3.05, 3.63) is 47.5 Å². The van der Waals surface area contributed by atoms with Gasteiger partial charge in [0.2, 0.25) is 15.9 Å². The average Bonchev–Trinajstić information content (AvgIpc) is 3.27. The van der Waals surface area contributed by atoms with E-state index in [1.54, 1.807) is 13.0 Å². The van der Waals surface area contributed by atoms with Gasteiger partial charge in [0, 0.05) is 37.3 Å². The van der Waals surface area contributed by atoms with E-state index in [0.29, 0.717) is 55.9 Å².